The average molecular weight is 415 g/mol. The van der Waals surface area contributed by atoms with E-state index in [2.05, 4.69) is 15.5 Å². The summed E-state index contributed by atoms with van der Waals surface area (Å²) in [5, 5.41) is 12.8. The number of halogens is 1. The first kappa shape index (κ1) is 18.2. The molecular weight excluding hydrogens is 400 g/mol. The summed E-state index contributed by atoms with van der Waals surface area (Å²) in [7, 11) is 0. The molecule has 0 saturated heterocycles. The number of fused-ring (bicyclic) bond motifs is 1. The van der Waals surface area contributed by atoms with Crippen LogP contribution in [-0.4, -0.2) is 31.4 Å². The maximum Gasteiger partial charge on any atom is 0.265 e. The van der Waals surface area contributed by atoms with E-state index in [1.165, 1.54) is 22.2 Å². The van der Waals surface area contributed by atoms with Crippen molar-refractivity contribution in [3.05, 3.63) is 58.3 Å². The molecule has 0 aliphatic rings. The van der Waals surface area contributed by atoms with Gasteiger partial charge in [-0.1, -0.05) is 23.7 Å². The topological polar surface area (TPSA) is 108 Å². The number of benzene rings is 1. The highest BCUT2D eigenvalue weighted by Crippen LogP contribution is 2.32. The highest BCUT2D eigenvalue weighted by molar-refractivity contribution is 7.20. The number of thiophene rings is 1. The summed E-state index contributed by atoms with van der Waals surface area (Å²) in [6.07, 6.45) is 3.01. The van der Waals surface area contributed by atoms with Gasteiger partial charge in [-0.2, -0.15) is 10.2 Å². The summed E-state index contributed by atoms with van der Waals surface area (Å²) in [4.78, 5) is 25.0. The number of nitrogens with two attached hydrogens (primary N) is 1. The average Bonchev–Trinajstić information content (AvgIpc) is 3.32. The predicted octanol–water partition coefficient (Wildman–Crippen LogP) is 2.98. The molecule has 0 saturated carbocycles. The second-order valence-electron chi connectivity index (χ2n) is 6.13. The third kappa shape index (κ3) is 3.37. The Morgan fingerprint density at radius 1 is 1.32 bits per heavy atom. The number of carbonyl (C=O) groups excluding carboxylic acids is 2. The van der Waals surface area contributed by atoms with Crippen LogP contribution in [-0.2, 0) is 11.3 Å². The van der Waals surface area contributed by atoms with Crippen molar-refractivity contribution in [2.75, 3.05) is 5.32 Å². The zero-order chi connectivity index (χ0) is 19.8. The number of para-hydroxylation sites is 1. The minimum absolute atomic E-state index is 0.0500. The number of aromatic nitrogens is 4. The normalized spacial score (nSPS) is 11.1. The van der Waals surface area contributed by atoms with Crippen molar-refractivity contribution >= 4 is 50.7 Å². The molecule has 0 radical (unpaired) electrons. The van der Waals surface area contributed by atoms with E-state index in [0.29, 0.717) is 15.6 Å². The number of hydrogen-bond acceptors (Lipinski definition) is 5. The lowest BCUT2D eigenvalue weighted by molar-refractivity contribution is -0.118. The Balaban J connectivity index is 1.64. The van der Waals surface area contributed by atoms with Gasteiger partial charge in [-0.15, -0.1) is 11.3 Å². The van der Waals surface area contributed by atoms with E-state index in [-0.39, 0.29) is 12.5 Å². The molecule has 2 amide bonds. The molecule has 1 aromatic carbocycles. The molecule has 0 aliphatic heterocycles. The van der Waals surface area contributed by atoms with E-state index in [1.807, 2.05) is 25.1 Å². The van der Waals surface area contributed by atoms with Crippen molar-refractivity contribution < 1.29 is 9.59 Å². The molecule has 3 aromatic heterocycles. The van der Waals surface area contributed by atoms with Gasteiger partial charge in [0, 0.05) is 11.6 Å². The van der Waals surface area contributed by atoms with E-state index in [4.69, 9.17) is 17.3 Å². The lowest BCUT2D eigenvalue weighted by atomic mass is 10.3. The predicted molar refractivity (Wildman–Crippen MR) is 108 cm³/mol. The van der Waals surface area contributed by atoms with Gasteiger partial charge in [-0.25, -0.2) is 4.68 Å². The van der Waals surface area contributed by atoms with E-state index < -0.39 is 5.91 Å². The fourth-order valence-electron chi connectivity index (χ4n) is 2.81. The summed E-state index contributed by atoms with van der Waals surface area (Å²) >= 11 is 7.63. The fraction of sp³-hybridized carbons (Fsp3) is 0.111. The van der Waals surface area contributed by atoms with Gasteiger partial charge in [0.05, 0.1) is 33.2 Å². The summed E-state index contributed by atoms with van der Waals surface area (Å²) in [5.74, 6) is -0.782. The van der Waals surface area contributed by atoms with Crippen LogP contribution in [0.5, 0.6) is 0 Å². The molecule has 4 rings (SSSR count). The van der Waals surface area contributed by atoms with Crippen molar-refractivity contribution in [1.82, 2.24) is 19.6 Å². The van der Waals surface area contributed by atoms with Crippen molar-refractivity contribution in [2.24, 2.45) is 5.73 Å². The van der Waals surface area contributed by atoms with Crippen LogP contribution < -0.4 is 11.1 Å². The number of carbonyl (C=O) groups is 2. The van der Waals surface area contributed by atoms with Gasteiger partial charge in [0.2, 0.25) is 5.91 Å². The number of hydrogen-bond donors (Lipinski definition) is 2. The maximum atomic E-state index is 12.7. The number of rotatable bonds is 5. The largest absolute Gasteiger partial charge is 0.368 e. The fourth-order valence-corrected chi connectivity index (χ4v) is 4.10. The summed E-state index contributed by atoms with van der Waals surface area (Å²) in [5.41, 5.74) is 7.18. The van der Waals surface area contributed by atoms with E-state index in [1.54, 1.807) is 23.0 Å². The Kier molecular flexibility index (Phi) is 4.62. The zero-order valence-electron chi connectivity index (χ0n) is 14.7. The second-order valence-corrected chi connectivity index (χ2v) is 7.56. The minimum atomic E-state index is -0.509. The smallest absolute Gasteiger partial charge is 0.265 e. The van der Waals surface area contributed by atoms with Crippen molar-refractivity contribution in [2.45, 2.75) is 13.5 Å². The number of primary amides is 1. The van der Waals surface area contributed by atoms with Crippen LogP contribution >= 0.6 is 22.9 Å². The molecule has 0 fully saturated rings. The molecule has 3 heterocycles. The number of anilines is 1. The molecule has 10 heteroatoms. The zero-order valence-corrected chi connectivity index (χ0v) is 16.3. The first-order chi connectivity index (χ1) is 13.4. The van der Waals surface area contributed by atoms with Gasteiger partial charge in [-0.3, -0.25) is 14.3 Å². The molecule has 142 valence electrons. The third-order valence-electron chi connectivity index (χ3n) is 4.06. The number of aryl methyl sites for hydroxylation is 1. The Bertz CT molecular complexity index is 1210. The summed E-state index contributed by atoms with van der Waals surface area (Å²) in [6, 6.07) is 9.21. The van der Waals surface area contributed by atoms with E-state index in [0.717, 1.165) is 21.6 Å². The Morgan fingerprint density at radius 3 is 2.86 bits per heavy atom. The second kappa shape index (κ2) is 7.10. The quantitative estimate of drug-likeness (QED) is 0.523. The van der Waals surface area contributed by atoms with Crippen LogP contribution in [0.2, 0.25) is 5.02 Å². The van der Waals surface area contributed by atoms with Crippen molar-refractivity contribution in [3.63, 3.8) is 0 Å². The summed E-state index contributed by atoms with van der Waals surface area (Å²) in [6.45, 7) is 1.84. The van der Waals surface area contributed by atoms with Gasteiger partial charge < -0.3 is 11.1 Å². The molecule has 0 atom stereocenters. The van der Waals surface area contributed by atoms with Crippen LogP contribution in [0.15, 0.2) is 42.7 Å². The Morgan fingerprint density at radius 2 is 2.11 bits per heavy atom. The van der Waals surface area contributed by atoms with Gasteiger partial charge in [0.1, 0.15) is 11.4 Å². The molecule has 8 nitrogen and oxygen atoms in total. The monoisotopic (exact) mass is 414 g/mol. The highest BCUT2D eigenvalue weighted by Gasteiger charge is 2.18. The molecule has 28 heavy (non-hydrogen) atoms. The molecule has 0 spiro atoms. The van der Waals surface area contributed by atoms with Crippen LogP contribution in [0.4, 0.5) is 5.69 Å². The van der Waals surface area contributed by atoms with Crippen LogP contribution in [0.1, 0.15) is 15.4 Å². The first-order valence-electron chi connectivity index (χ1n) is 8.28. The lowest BCUT2D eigenvalue weighted by Crippen LogP contribution is -2.18. The Labute approximate surface area is 168 Å². The number of nitrogens with one attached hydrogen (secondary N) is 1. The first-order valence-corrected chi connectivity index (χ1v) is 9.48. The van der Waals surface area contributed by atoms with Crippen LogP contribution in [0, 0.1) is 6.92 Å². The van der Waals surface area contributed by atoms with E-state index in [9.17, 15) is 9.59 Å². The van der Waals surface area contributed by atoms with Crippen LogP contribution in [0.3, 0.4) is 0 Å². The highest BCUT2D eigenvalue weighted by atomic mass is 35.5. The molecule has 0 unspecified atom stereocenters. The molecule has 3 N–H and O–H groups in total. The third-order valence-corrected chi connectivity index (χ3v) is 5.49. The molecular formula is C18H15ClN6O2S. The lowest BCUT2D eigenvalue weighted by Gasteiger charge is -2.04. The maximum absolute atomic E-state index is 12.7. The van der Waals surface area contributed by atoms with Crippen LogP contribution in [0.25, 0.3) is 15.9 Å². The Hall–Kier alpha value is -3.17. The molecule has 4 aromatic rings. The van der Waals surface area contributed by atoms with E-state index >= 15 is 0 Å². The summed E-state index contributed by atoms with van der Waals surface area (Å²) < 4.78 is 3.11. The standard InChI is InChI=1S/C18H15ClN6O2S/c1-10-12-6-15(17(27)22-11-7-21-24(8-11)9-16(20)26)28-18(12)25(23-10)14-5-3-2-4-13(14)19/h2-8H,9H2,1H3,(H2,20,26)(H,22,27). The van der Waals surface area contributed by atoms with Crippen molar-refractivity contribution in [3.8, 4) is 5.69 Å². The SMILES string of the molecule is Cc1nn(-c2ccccc2Cl)c2sc(C(=O)Nc3cnn(CC(N)=O)c3)cc12. The van der Waals surface area contributed by atoms with Gasteiger partial charge >= 0.3 is 0 Å². The van der Waals surface area contributed by atoms with Crippen molar-refractivity contribution in [1.29, 1.82) is 0 Å². The number of nitrogens with zero attached hydrogens (tertiary/aromatic N) is 4. The molecule has 0 bridgehead atoms. The van der Waals surface area contributed by atoms with Gasteiger partial charge in [-0.05, 0) is 25.1 Å². The number of amides is 2. The van der Waals surface area contributed by atoms with Gasteiger partial charge in [0.25, 0.3) is 5.91 Å². The minimum Gasteiger partial charge on any atom is -0.368 e. The van der Waals surface area contributed by atoms with Gasteiger partial charge in [0.15, 0.2) is 0 Å². The molecule has 0 aliphatic carbocycles.